The molecule has 0 spiro atoms. The van der Waals surface area contributed by atoms with Gasteiger partial charge in [0.2, 0.25) is 0 Å². The second-order valence-corrected chi connectivity index (χ2v) is 9.37. The lowest BCUT2D eigenvalue weighted by Crippen LogP contribution is -2.17. The third kappa shape index (κ3) is 5.48. The molecule has 8 heteroatoms. The summed E-state index contributed by atoms with van der Waals surface area (Å²) in [4.78, 5) is 11.4. The van der Waals surface area contributed by atoms with Crippen molar-refractivity contribution in [3.8, 4) is 22.6 Å². The zero-order valence-corrected chi connectivity index (χ0v) is 19.2. The summed E-state index contributed by atoms with van der Waals surface area (Å²) in [5.41, 5.74) is 3.34. The van der Waals surface area contributed by atoms with Crippen molar-refractivity contribution < 1.29 is 36.9 Å². The molecule has 2 atom stereocenters. The Hall–Kier alpha value is -3.55. The number of aryl methyl sites for hydroxylation is 1. The highest BCUT2D eigenvalue weighted by molar-refractivity contribution is 5.68. The average molecular weight is 500 g/mol. The number of hydrogen-bond donors (Lipinski definition) is 1. The van der Waals surface area contributed by atoms with Gasteiger partial charge in [0.1, 0.15) is 23.4 Å². The Morgan fingerprint density at radius 2 is 1.78 bits per heavy atom. The Morgan fingerprint density at radius 3 is 2.44 bits per heavy atom. The lowest BCUT2D eigenvalue weighted by molar-refractivity contribution is -0.274. The van der Waals surface area contributed by atoms with E-state index in [1.165, 1.54) is 0 Å². The number of halogens is 4. The minimum absolute atomic E-state index is 0.00685. The molecule has 36 heavy (non-hydrogen) atoms. The molecule has 1 fully saturated rings. The Kier molecular flexibility index (Phi) is 6.36. The first kappa shape index (κ1) is 24.2. The second-order valence-electron chi connectivity index (χ2n) is 9.37. The molecule has 188 valence electrons. The van der Waals surface area contributed by atoms with E-state index in [1.807, 2.05) is 18.2 Å². The Balaban J connectivity index is 1.34. The van der Waals surface area contributed by atoms with Gasteiger partial charge in [0.15, 0.2) is 0 Å². The number of carboxylic acids is 1. The first-order valence-electron chi connectivity index (χ1n) is 11.8. The fraction of sp³-hybridized carbons (Fsp3) is 0.321. The molecular weight excluding hydrogens is 476 g/mol. The van der Waals surface area contributed by atoms with Crippen LogP contribution >= 0.6 is 0 Å². The molecule has 1 aliphatic carbocycles. The van der Waals surface area contributed by atoms with Crippen molar-refractivity contribution in [2.24, 2.45) is 5.92 Å². The van der Waals surface area contributed by atoms with E-state index in [9.17, 15) is 27.5 Å². The molecule has 1 heterocycles. The molecule has 4 nitrogen and oxygen atoms in total. The van der Waals surface area contributed by atoms with Crippen LogP contribution in [0, 0.1) is 11.7 Å². The van der Waals surface area contributed by atoms with Gasteiger partial charge >= 0.3 is 12.3 Å². The standard InChI is InChI=1S/C28H24F4O4/c29-24-11-10-21(36-28(30,31)32)14-23(24)17-3-5-18(6-4-17)25-12-9-19-7-8-20(13-26(19)35-25)22(15-27(33)34)16-1-2-16/h3-8,10-11,13-14,16,22,25H,1-2,9,12,15H2,(H,33,34)/t22-,25?/m0/s1. The summed E-state index contributed by atoms with van der Waals surface area (Å²) in [5.74, 6) is -0.838. The molecule has 1 saturated carbocycles. The lowest BCUT2D eigenvalue weighted by atomic mass is 9.88. The molecule has 0 amide bonds. The predicted octanol–water partition coefficient (Wildman–Crippen LogP) is 7.43. The Labute approximate surface area is 205 Å². The Bertz CT molecular complexity index is 1270. The first-order valence-corrected chi connectivity index (χ1v) is 11.8. The number of carboxylic acid groups (broad SMARTS) is 1. The van der Waals surface area contributed by atoms with Crippen molar-refractivity contribution in [3.05, 3.63) is 83.2 Å². The fourth-order valence-electron chi connectivity index (χ4n) is 4.89. The van der Waals surface area contributed by atoms with Gasteiger partial charge < -0.3 is 14.6 Å². The highest BCUT2D eigenvalue weighted by Crippen LogP contribution is 2.46. The molecule has 1 N–H and O–H groups in total. The van der Waals surface area contributed by atoms with E-state index in [2.05, 4.69) is 4.74 Å². The molecule has 5 rings (SSSR count). The molecule has 1 aliphatic heterocycles. The first-order chi connectivity index (χ1) is 17.2. The van der Waals surface area contributed by atoms with Gasteiger partial charge in [-0.2, -0.15) is 0 Å². The maximum atomic E-state index is 14.4. The Morgan fingerprint density at radius 1 is 1.03 bits per heavy atom. The molecule has 1 unspecified atom stereocenters. The molecule has 0 bridgehead atoms. The van der Waals surface area contributed by atoms with E-state index in [4.69, 9.17) is 4.74 Å². The van der Waals surface area contributed by atoms with E-state index < -0.39 is 23.9 Å². The van der Waals surface area contributed by atoms with Gasteiger partial charge in [0.05, 0.1) is 6.42 Å². The van der Waals surface area contributed by atoms with Crippen LogP contribution in [0.5, 0.6) is 11.5 Å². The molecule has 0 saturated heterocycles. The molecule has 3 aromatic carbocycles. The van der Waals surface area contributed by atoms with Gasteiger partial charge in [-0.25, -0.2) is 4.39 Å². The predicted molar refractivity (Wildman–Crippen MR) is 124 cm³/mol. The highest BCUT2D eigenvalue weighted by atomic mass is 19.4. The molecule has 2 aliphatic rings. The summed E-state index contributed by atoms with van der Waals surface area (Å²) in [6.45, 7) is 0. The van der Waals surface area contributed by atoms with E-state index in [1.54, 1.807) is 24.3 Å². The largest absolute Gasteiger partial charge is 0.573 e. The van der Waals surface area contributed by atoms with E-state index >= 15 is 0 Å². The van der Waals surface area contributed by atoms with Crippen molar-refractivity contribution in [2.75, 3.05) is 0 Å². The van der Waals surface area contributed by atoms with Crippen LogP contribution in [0.3, 0.4) is 0 Å². The minimum Gasteiger partial charge on any atom is -0.485 e. The summed E-state index contributed by atoms with van der Waals surface area (Å²) < 4.78 is 62.2. The van der Waals surface area contributed by atoms with E-state index in [0.717, 1.165) is 66.3 Å². The number of aliphatic carboxylic acids is 1. The van der Waals surface area contributed by atoms with Crippen LogP contribution in [0.15, 0.2) is 60.7 Å². The van der Waals surface area contributed by atoms with Crippen LogP contribution in [-0.2, 0) is 11.2 Å². The van der Waals surface area contributed by atoms with Crippen molar-refractivity contribution in [1.82, 2.24) is 0 Å². The second kappa shape index (κ2) is 9.48. The van der Waals surface area contributed by atoms with Crippen LogP contribution in [0.4, 0.5) is 17.6 Å². The van der Waals surface area contributed by atoms with Gasteiger partial charge in [-0.1, -0.05) is 36.4 Å². The molecule has 3 aromatic rings. The lowest BCUT2D eigenvalue weighted by Gasteiger charge is -2.28. The quantitative estimate of drug-likeness (QED) is 0.343. The van der Waals surface area contributed by atoms with Gasteiger partial charge in [-0.05, 0) is 84.0 Å². The number of carbonyl (C=O) groups is 1. The summed E-state index contributed by atoms with van der Waals surface area (Å²) in [7, 11) is 0. The van der Waals surface area contributed by atoms with Crippen molar-refractivity contribution in [2.45, 2.75) is 50.5 Å². The summed E-state index contributed by atoms with van der Waals surface area (Å²) in [6, 6.07) is 15.8. The monoisotopic (exact) mass is 500 g/mol. The van der Waals surface area contributed by atoms with Gasteiger partial charge in [0, 0.05) is 5.56 Å². The summed E-state index contributed by atoms with van der Waals surface area (Å²) in [5, 5.41) is 9.33. The van der Waals surface area contributed by atoms with E-state index in [0.29, 0.717) is 11.5 Å². The highest BCUT2D eigenvalue weighted by Gasteiger charge is 2.35. The third-order valence-corrected chi connectivity index (χ3v) is 6.81. The normalized spacial score (nSPS) is 18.2. The van der Waals surface area contributed by atoms with Gasteiger partial charge in [-0.15, -0.1) is 13.2 Å². The van der Waals surface area contributed by atoms with Gasteiger partial charge in [0.25, 0.3) is 0 Å². The SMILES string of the molecule is O=C(O)C[C@H](c1ccc2c(c1)OC(c1ccc(-c3cc(OC(F)(F)F)ccc3F)cc1)CC2)C1CC1. The van der Waals surface area contributed by atoms with E-state index in [-0.39, 0.29) is 24.0 Å². The molecular formula is C28H24F4O4. The van der Waals surface area contributed by atoms with Gasteiger partial charge in [-0.3, -0.25) is 4.79 Å². The number of ether oxygens (including phenoxy) is 2. The third-order valence-electron chi connectivity index (χ3n) is 6.81. The number of rotatable bonds is 7. The zero-order valence-electron chi connectivity index (χ0n) is 19.2. The van der Waals surface area contributed by atoms with Crippen LogP contribution in [0.25, 0.3) is 11.1 Å². The van der Waals surface area contributed by atoms with Crippen molar-refractivity contribution in [1.29, 1.82) is 0 Å². The fourth-order valence-corrected chi connectivity index (χ4v) is 4.89. The zero-order chi connectivity index (χ0) is 25.4. The number of fused-ring (bicyclic) bond motifs is 1. The maximum absolute atomic E-state index is 14.4. The van der Waals surface area contributed by atoms with Crippen molar-refractivity contribution >= 4 is 5.97 Å². The topological polar surface area (TPSA) is 55.8 Å². The van der Waals surface area contributed by atoms with Crippen LogP contribution in [-0.4, -0.2) is 17.4 Å². The minimum atomic E-state index is -4.86. The number of alkyl halides is 3. The van der Waals surface area contributed by atoms with Crippen LogP contribution < -0.4 is 9.47 Å². The number of hydrogen-bond acceptors (Lipinski definition) is 3. The van der Waals surface area contributed by atoms with Crippen LogP contribution in [0.1, 0.15) is 54.4 Å². The smallest absolute Gasteiger partial charge is 0.485 e. The van der Waals surface area contributed by atoms with Crippen LogP contribution in [0.2, 0.25) is 0 Å². The average Bonchev–Trinajstić information content (AvgIpc) is 3.68. The van der Waals surface area contributed by atoms with Crippen molar-refractivity contribution in [3.63, 3.8) is 0 Å². The number of benzene rings is 3. The molecule has 0 radical (unpaired) electrons. The summed E-state index contributed by atoms with van der Waals surface area (Å²) in [6.07, 6.45) is -1.41. The summed E-state index contributed by atoms with van der Waals surface area (Å²) >= 11 is 0. The molecule has 0 aromatic heterocycles. The maximum Gasteiger partial charge on any atom is 0.573 e.